The van der Waals surface area contributed by atoms with E-state index >= 15 is 0 Å². The Hall–Kier alpha value is -4.11. The minimum absolute atomic E-state index is 0.267. The molecule has 0 fully saturated rings. The molecule has 41 heavy (non-hydrogen) atoms. The summed E-state index contributed by atoms with van der Waals surface area (Å²) < 4.78 is 27.7. The number of fused-ring (bicyclic) bond motifs is 1. The lowest BCUT2D eigenvalue weighted by molar-refractivity contribution is -0.139. The van der Waals surface area contributed by atoms with Gasteiger partial charge in [-0.2, -0.15) is 4.98 Å². The van der Waals surface area contributed by atoms with E-state index in [1.807, 2.05) is 56.3 Å². The maximum atomic E-state index is 14.2. The minimum atomic E-state index is -0.585. The molecule has 0 saturated heterocycles. The van der Waals surface area contributed by atoms with Crippen molar-refractivity contribution >= 4 is 23.7 Å². The van der Waals surface area contributed by atoms with Crippen molar-refractivity contribution in [1.82, 2.24) is 14.8 Å². The van der Waals surface area contributed by atoms with Gasteiger partial charge in [-0.1, -0.05) is 79.7 Å². The van der Waals surface area contributed by atoms with Crippen LogP contribution in [0.3, 0.4) is 0 Å². The predicted octanol–water partition coefficient (Wildman–Crippen LogP) is 7.23. The van der Waals surface area contributed by atoms with Crippen molar-refractivity contribution in [2.45, 2.75) is 57.2 Å². The third kappa shape index (κ3) is 6.62. The maximum Gasteiger partial charge on any atom is 0.338 e. The highest BCUT2D eigenvalue weighted by Crippen LogP contribution is 2.38. The van der Waals surface area contributed by atoms with Crippen LogP contribution in [0.4, 0.5) is 10.3 Å². The van der Waals surface area contributed by atoms with E-state index in [9.17, 15) is 9.18 Å². The standard InChI is InChI=1S/C32H33FN4O3S/c1-4-5-17-39-30(38)28-22(3)34-31-35-32(41-20-25-13-8-9-16-27(25)33)36-37(31)29(28)23-14-10-15-26(18-23)40-19-24-12-7-6-11-21(24)2/h6-16,18,29H,4-5,17,19-20H2,1-3H3,(H,34,35,36). The lowest BCUT2D eigenvalue weighted by Crippen LogP contribution is -2.29. The Kier molecular flexibility index (Phi) is 9.04. The summed E-state index contributed by atoms with van der Waals surface area (Å²) in [7, 11) is 0. The van der Waals surface area contributed by atoms with Gasteiger partial charge in [0.2, 0.25) is 11.1 Å². The van der Waals surface area contributed by atoms with Gasteiger partial charge in [0.15, 0.2) is 0 Å². The SMILES string of the molecule is CCCCOC(=O)C1=C(C)Nc2nc(SCc3ccccc3F)nn2C1c1cccc(OCc2ccccc2C)c1. The zero-order valence-electron chi connectivity index (χ0n) is 23.4. The van der Waals surface area contributed by atoms with Gasteiger partial charge in [0.1, 0.15) is 24.2 Å². The first kappa shape index (κ1) is 28.4. The Morgan fingerprint density at radius 2 is 1.83 bits per heavy atom. The van der Waals surface area contributed by atoms with Crippen molar-refractivity contribution in [3.63, 3.8) is 0 Å². The van der Waals surface area contributed by atoms with Crippen LogP contribution < -0.4 is 10.1 Å². The molecule has 1 aliphatic heterocycles. The van der Waals surface area contributed by atoms with Gasteiger partial charge in [0.05, 0.1) is 12.2 Å². The number of benzene rings is 3. The first-order valence-corrected chi connectivity index (χ1v) is 14.7. The fourth-order valence-electron chi connectivity index (χ4n) is 4.62. The number of nitrogens with zero attached hydrogens (tertiary/aromatic N) is 3. The molecule has 0 amide bonds. The number of nitrogens with one attached hydrogen (secondary N) is 1. The smallest absolute Gasteiger partial charge is 0.338 e. The van der Waals surface area contributed by atoms with Crippen LogP contribution in [-0.4, -0.2) is 27.3 Å². The number of ether oxygens (including phenoxy) is 2. The fraction of sp³-hybridized carbons (Fsp3) is 0.281. The summed E-state index contributed by atoms with van der Waals surface area (Å²) in [5.41, 5.74) is 4.75. The van der Waals surface area contributed by atoms with Gasteiger partial charge in [-0.3, -0.25) is 0 Å². The number of carbonyl (C=O) groups is 1. The number of esters is 1. The Bertz CT molecular complexity index is 1570. The quantitative estimate of drug-likeness (QED) is 0.115. The largest absolute Gasteiger partial charge is 0.489 e. The second-order valence-electron chi connectivity index (χ2n) is 9.89. The third-order valence-electron chi connectivity index (χ3n) is 6.93. The topological polar surface area (TPSA) is 78.3 Å². The van der Waals surface area contributed by atoms with Crippen molar-refractivity contribution in [2.24, 2.45) is 0 Å². The average Bonchev–Trinajstić information content (AvgIpc) is 3.38. The fourth-order valence-corrected chi connectivity index (χ4v) is 5.43. The van der Waals surface area contributed by atoms with Crippen LogP contribution in [-0.2, 0) is 21.9 Å². The van der Waals surface area contributed by atoms with Crippen LogP contribution in [0.25, 0.3) is 0 Å². The summed E-state index contributed by atoms with van der Waals surface area (Å²) >= 11 is 1.33. The molecule has 9 heteroatoms. The number of anilines is 1. The van der Waals surface area contributed by atoms with Gasteiger partial charge in [-0.15, -0.1) is 5.10 Å². The van der Waals surface area contributed by atoms with E-state index in [1.165, 1.54) is 17.8 Å². The van der Waals surface area contributed by atoms with E-state index in [4.69, 9.17) is 14.6 Å². The summed E-state index contributed by atoms with van der Waals surface area (Å²) in [6.45, 7) is 6.71. The molecular weight excluding hydrogens is 539 g/mol. The molecule has 0 spiro atoms. The summed E-state index contributed by atoms with van der Waals surface area (Å²) in [5.74, 6) is 0.885. The second kappa shape index (κ2) is 13.0. The van der Waals surface area contributed by atoms with E-state index < -0.39 is 12.0 Å². The lowest BCUT2D eigenvalue weighted by Gasteiger charge is -2.28. The van der Waals surface area contributed by atoms with E-state index in [-0.39, 0.29) is 5.82 Å². The highest BCUT2D eigenvalue weighted by atomic mass is 32.2. The molecule has 2 heterocycles. The molecule has 1 aliphatic rings. The van der Waals surface area contributed by atoms with E-state index in [2.05, 4.69) is 23.3 Å². The van der Waals surface area contributed by atoms with Crippen molar-refractivity contribution in [3.8, 4) is 5.75 Å². The van der Waals surface area contributed by atoms with Crippen molar-refractivity contribution < 1.29 is 18.7 Å². The summed E-state index contributed by atoms with van der Waals surface area (Å²) in [6.07, 6.45) is 1.70. The number of unbranched alkanes of at least 4 members (excludes halogenated alkanes) is 1. The zero-order chi connectivity index (χ0) is 28.8. The molecule has 7 nitrogen and oxygen atoms in total. The molecule has 1 N–H and O–H groups in total. The van der Waals surface area contributed by atoms with E-state index in [0.29, 0.717) is 52.7 Å². The number of allylic oxidation sites excluding steroid dienone is 1. The van der Waals surface area contributed by atoms with Gasteiger partial charge in [-0.25, -0.2) is 13.9 Å². The highest BCUT2D eigenvalue weighted by molar-refractivity contribution is 7.98. The molecule has 0 bridgehead atoms. The minimum Gasteiger partial charge on any atom is -0.489 e. The van der Waals surface area contributed by atoms with Crippen LogP contribution in [0.2, 0.25) is 0 Å². The highest BCUT2D eigenvalue weighted by Gasteiger charge is 2.35. The molecule has 212 valence electrons. The van der Waals surface area contributed by atoms with Crippen LogP contribution >= 0.6 is 11.8 Å². The van der Waals surface area contributed by atoms with E-state index in [0.717, 1.165) is 29.5 Å². The Balaban J connectivity index is 1.46. The number of aryl methyl sites for hydroxylation is 1. The van der Waals surface area contributed by atoms with Crippen molar-refractivity contribution in [2.75, 3.05) is 11.9 Å². The predicted molar refractivity (Wildman–Crippen MR) is 158 cm³/mol. The molecule has 1 unspecified atom stereocenters. The first-order chi connectivity index (χ1) is 19.9. The van der Waals surface area contributed by atoms with Crippen molar-refractivity contribution in [3.05, 3.63) is 112 Å². The Morgan fingerprint density at radius 3 is 2.61 bits per heavy atom. The molecule has 1 aromatic heterocycles. The van der Waals surface area contributed by atoms with Gasteiger partial charge in [-0.05, 0) is 60.7 Å². The van der Waals surface area contributed by atoms with Crippen LogP contribution in [0.15, 0.2) is 89.2 Å². The Labute approximate surface area is 243 Å². The number of aromatic nitrogens is 3. The monoisotopic (exact) mass is 572 g/mol. The van der Waals surface area contributed by atoms with Crippen molar-refractivity contribution in [1.29, 1.82) is 0 Å². The summed E-state index contributed by atoms with van der Waals surface area (Å²) in [4.78, 5) is 18.1. The molecule has 0 radical (unpaired) electrons. The normalized spacial score (nSPS) is 14.4. The number of hydrogen-bond acceptors (Lipinski definition) is 7. The maximum absolute atomic E-state index is 14.2. The number of halogens is 1. The third-order valence-corrected chi connectivity index (χ3v) is 7.81. The molecule has 5 rings (SSSR count). The first-order valence-electron chi connectivity index (χ1n) is 13.7. The van der Waals surface area contributed by atoms with Crippen LogP contribution in [0.5, 0.6) is 5.75 Å². The lowest BCUT2D eigenvalue weighted by atomic mass is 9.95. The van der Waals surface area contributed by atoms with E-state index in [1.54, 1.807) is 22.9 Å². The number of rotatable bonds is 11. The summed E-state index contributed by atoms with van der Waals surface area (Å²) in [5, 5.41) is 8.45. The number of thioether (sulfide) groups is 1. The molecule has 1 atom stereocenters. The average molecular weight is 573 g/mol. The van der Waals surface area contributed by atoms with Gasteiger partial charge >= 0.3 is 5.97 Å². The Morgan fingerprint density at radius 1 is 1.05 bits per heavy atom. The summed E-state index contributed by atoms with van der Waals surface area (Å²) in [6, 6.07) is 21.9. The molecule has 0 aliphatic carbocycles. The van der Waals surface area contributed by atoms with Crippen LogP contribution in [0, 0.1) is 12.7 Å². The van der Waals surface area contributed by atoms with Crippen LogP contribution in [0.1, 0.15) is 55.0 Å². The number of carbonyl (C=O) groups excluding carboxylic acids is 1. The molecule has 3 aromatic carbocycles. The van der Waals surface area contributed by atoms with Gasteiger partial charge in [0, 0.05) is 11.4 Å². The number of hydrogen-bond donors (Lipinski definition) is 1. The molecule has 4 aromatic rings. The zero-order valence-corrected chi connectivity index (χ0v) is 24.2. The van der Waals surface area contributed by atoms with Gasteiger partial charge in [0.25, 0.3) is 0 Å². The second-order valence-corrected chi connectivity index (χ2v) is 10.8. The molecular formula is C32H33FN4O3S. The van der Waals surface area contributed by atoms with Gasteiger partial charge < -0.3 is 14.8 Å². The molecule has 0 saturated carbocycles.